The van der Waals surface area contributed by atoms with Gasteiger partial charge >= 0.3 is 5.97 Å². The summed E-state index contributed by atoms with van der Waals surface area (Å²) in [5, 5.41) is 9.25. The molecule has 2 unspecified atom stereocenters. The van der Waals surface area contributed by atoms with E-state index in [1.54, 1.807) is 12.1 Å². The van der Waals surface area contributed by atoms with Gasteiger partial charge in [0.25, 0.3) is 0 Å². The summed E-state index contributed by atoms with van der Waals surface area (Å²) < 4.78 is 0. The van der Waals surface area contributed by atoms with E-state index >= 15 is 0 Å². The van der Waals surface area contributed by atoms with Crippen molar-refractivity contribution in [2.45, 2.75) is 44.7 Å². The fourth-order valence-electron chi connectivity index (χ4n) is 3.78. The summed E-state index contributed by atoms with van der Waals surface area (Å²) in [5.74, 6) is 0.0423. The first-order chi connectivity index (χ1) is 9.25. The molecule has 1 saturated heterocycles. The lowest BCUT2D eigenvalue weighted by Crippen LogP contribution is -2.34. The molecule has 1 aromatic carbocycles. The average Bonchev–Trinajstić information content (AvgIpc) is 2.83. The number of carboxylic acids is 1. The van der Waals surface area contributed by atoms with Gasteiger partial charge in [-0.25, -0.2) is 4.79 Å². The van der Waals surface area contributed by atoms with Gasteiger partial charge < -0.3 is 5.11 Å². The van der Waals surface area contributed by atoms with Crippen molar-refractivity contribution in [1.82, 2.24) is 4.90 Å². The number of hydrogen-bond acceptors (Lipinski definition) is 2. The van der Waals surface area contributed by atoms with Crippen LogP contribution in [0.1, 0.15) is 48.0 Å². The number of carboxylic acid groups (broad SMARTS) is 1. The number of benzene rings is 1. The smallest absolute Gasteiger partial charge is 0.336 e. The molecule has 3 heteroatoms. The number of likely N-dealkylation sites (tertiary alicyclic amines) is 1. The van der Waals surface area contributed by atoms with Crippen LogP contribution in [0.2, 0.25) is 0 Å². The van der Waals surface area contributed by atoms with Gasteiger partial charge in [-0.1, -0.05) is 31.0 Å². The Morgan fingerprint density at radius 2 is 2.00 bits per heavy atom. The molecule has 1 aromatic rings. The van der Waals surface area contributed by atoms with E-state index < -0.39 is 5.97 Å². The molecule has 0 bridgehead atoms. The molecule has 19 heavy (non-hydrogen) atoms. The molecule has 2 aliphatic rings. The number of aromatic carboxylic acids is 1. The molecule has 1 N–H and O–H groups in total. The lowest BCUT2D eigenvalue weighted by Gasteiger charge is -2.32. The number of hydrogen-bond donors (Lipinski definition) is 1. The van der Waals surface area contributed by atoms with E-state index in [4.69, 9.17) is 0 Å². The lowest BCUT2D eigenvalue weighted by molar-refractivity contribution is 0.0693. The minimum Gasteiger partial charge on any atom is -0.478 e. The van der Waals surface area contributed by atoms with Crippen molar-refractivity contribution in [3.05, 3.63) is 35.4 Å². The fraction of sp³-hybridized carbons (Fsp3) is 0.562. The van der Waals surface area contributed by atoms with Gasteiger partial charge in [-0.3, -0.25) is 4.90 Å². The zero-order chi connectivity index (χ0) is 13.2. The van der Waals surface area contributed by atoms with Crippen molar-refractivity contribution in [3.63, 3.8) is 0 Å². The molecular formula is C16H21NO2. The average molecular weight is 259 g/mol. The number of nitrogens with zero attached hydrogens (tertiary/aromatic N) is 1. The van der Waals surface area contributed by atoms with E-state index in [0.29, 0.717) is 11.6 Å². The summed E-state index contributed by atoms with van der Waals surface area (Å²) in [5.41, 5.74) is 1.42. The number of fused-ring (bicyclic) bond motifs is 1. The molecule has 3 nitrogen and oxygen atoms in total. The Bertz CT molecular complexity index is 472. The molecular weight excluding hydrogens is 238 g/mol. The molecule has 0 spiro atoms. The summed E-state index contributed by atoms with van der Waals surface area (Å²) in [6, 6.07) is 8.11. The highest BCUT2D eigenvalue weighted by molar-refractivity contribution is 5.89. The molecule has 1 aliphatic carbocycles. The first kappa shape index (κ1) is 12.7. The van der Waals surface area contributed by atoms with Crippen LogP contribution in [0.25, 0.3) is 0 Å². The quantitative estimate of drug-likeness (QED) is 0.906. The van der Waals surface area contributed by atoms with Gasteiger partial charge in [0.1, 0.15) is 0 Å². The standard InChI is InChI=1S/C16H21NO2/c18-16(19)14-7-3-1-6-13(14)11-17-10-9-12-5-2-4-8-15(12)17/h1,3,6-7,12,15H,2,4-5,8-11H2,(H,18,19). The third-order valence-corrected chi connectivity index (χ3v) is 4.75. The van der Waals surface area contributed by atoms with Gasteiger partial charge in [-0.15, -0.1) is 0 Å². The van der Waals surface area contributed by atoms with Crippen molar-refractivity contribution in [2.24, 2.45) is 5.92 Å². The summed E-state index contributed by atoms with van der Waals surface area (Å²) in [4.78, 5) is 13.8. The van der Waals surface area contributed by atoms with Gasteiger partial charge in [-0.05, 0) is 43.4 Å². The molecule has 102 valence electrons. The van der Waals surface area contributed by atoms with Gasteiger partial charge in [0.05, 0.1) is 5.56 Å². The van der Waals surface area contributed by atoms with E-state index in [-0.39, 0.29) is 0 Å². The number of carbonyl (C=O) groups is 1. The molecule has 3 rings (SSSR count). The third kappa shape index (κ3) is 2.52. The molecule has 2 atom stereocenters. The van der Waals surface area contributed by atoms with Crippen LogP contribution in [-0.2, 0) is 6.54 Å². The Labute approximate surface area is 114 Å². The molecule has 0 amide bonds. The van der Waals surface area contributed by atoms with Crippen LogP contribution in [0.4, 0.5) is 0 Å². The Kier molecular flexibility index (Phi) is 3.56. The molecule has 1 aliphatic heterocycles. The molecule has 0 radical (unpaired) electrons. The Balaban J connectivity index is 1.76. The minimum atomic E-state index is -0.810. The summed E-state index contributed by atoms with van der Waals surface area (Å²) in [6.07, 6.45) is 6.65. The highest BCUT2D eigenvalue weighted by atomic mass is 16.4. The van der Waals surface area contributed by atoms with Crippen molar-refractivity contribution < 1.29 is 9.90 Å². The predicted molar refractivity (Wildman–Crippen MR) is 74.2 cm³/mol. The van der Waals surface area contributed by atoms with E-state index in [9.17, 15) is 9.90 Å². The molecule has 2 fully saturated rings. The molecule has 0 aromatic heterocycles. The second kappa shape index (κ2) is 5.33. The van der Waals surface area contributed by atoms with Gasteiger partial charge in [0, 0.05) is 12.6 Å². The minimum absolute atomic E-state index is 0.460. The van der Waals surface area contributed by atoms with Crippen LogP contribution in [0.5, 0.6) is 0 Å². The Hall–Kier alpha value is -1.35. The maximum Gasteiger partial charge on any atom is 0.336 e. The third-order valence-electron chi connectivity index (χ3n) is 4.75. The van der Waals surface area contributed by atoms with Crippen molar-refractivity contribution >= 4 is 5.97 Å². The first-order valence-corrected chi connectivity index (χ1v) is 7.31. The maximum atomic E-state index is 11.3. The van der Waals surface area contributed by atoms with E-state index in [1.165, 1.54) is 32.1 Å². The zero-order valence-corrected chi connectivity index (χ0v) is 11.2. The van der Waals surface area contributed by atoms with Gasteiger partial charge in [-0.2, -0.15) is 0 Å². The van der Waals surface area contributed by atoms with Crippen LogP contribution in [0.3, 0.4) is 0 Å². The van der Waals surface area contributed by atoms with Crippen LogP contribution in [0, 0.1) is 5.92 Å². The second-order valence-corrected chi connectivity index (χ2v) is 5.83. The fourth-order valence-corrected chi connectivity index (χ4v) is 3.78. The predicted octanol–water partition coefficient (Wildman–Crippen LogP) is 3.15. The van der Waals surface area contributed by atoms with Crippen molar-refractivity contribution in [3.8, 4) is 0 Å². The summed E-state index contributed by atoms with van der Waals surface area (Å²) >= 11 is 0. The monoisotopic (exact) mass is 259 g/mol. The highest BCUT2D eigenvalue weighted by Crippen LogP contribution is 2.37. The number of rotatable bonds is 3. The topological polar surface area (TPSA) is 40.5 Å². The van der Waals surface area contributed by atoms with E-state index in [0.717, 1.165) is 24.6 Å². The van der Waals surface area contributed by atoms with Crippen LogP contribution in [-0.4, -0.2) is 28.6 Å². The SMILES string of the molecule is O=C(O)c1ccccc1CN1CCC2CCCCC21. The largest absolute Gasteiger partial charge is 0.478 e. The Morgan fingerprint density at radius 3 is 2.84 bits per heavy atom. The van der Waals surface area contributed by atoms with Crippen LogP contribution in [0.15, 0.2) is 24.3 Å². The zero-order valence-electron chi connectivity index (χ0n) is 11.2. The normalized spacial score (nSPS) is 27.2. The first-order valence-electron chi connectivity index (χ1n) is 7.31. The van der Waals surface area contributed by atoms with Gasteiger partial charge in [0.15, 0.2) is 0 Å². The summed E-state index contributed by atoms with van der Waals surface area (Å²) in [6.45, 7) is 1.92. The van der Waals surface area contributed by atoms with Crippen LogP contribution < -0.4 is 0 Å². The molecule has 1 saturated carbocycles. The maximum absolute atomic E-state index is 11.3. The molecule has 1 heterocycles. The lowest BCUT2D eigenvalue weighted by atomic mass is 9.85. The second-order valence-electron chi connectivity index (χ2n) is 5.83. The highest BCUT2D eigenvalue weighted by Gasteiger charge is 2.35. The van der Waals surface area contributed by atoms with Crippen LogP contribution >= 0.6 is 0 Å². The van der Waals surface area contributed by atoms with Gasteiger partial charge in [0.2, 0.25) is 0 Å². The van der Waals surface area contributed by atoms with Crippen molar-refractivity contribution in [2.75, 3.05) is 6.54 Å². The van der Waals surface area contributed by atoms with E-state index in [2.05, 4.69) is 4.90 Å². The van der Waals surface area contributed by atoms with E-state index in [1.807, 2.05) is 12.1 Å². The van der Waals surface area contributed by atoms with Crippen molar-refractivity contribution in [1.29, 1.82) is 0 Å². The summed E-state index contributed by atoms with van der Waals surface area (Å²) in [7, 11) is 0. The Morgan fingerprint density at radius 1 is 1.21 bits per heavy atom.